The Morgan fingerprint density at radius 1 is 1.59 bits per heavy atom. The van der Waals surface area contributed by atoms with E-state index < -0.39 is 0 Å². The summed E-state index contributed by atoms with van der Waals surface area (Å²) in [5, 5.41) is 0. The zero-order valence-corrected chi connectivity index (χ0v) is 10.6. The van der Waals surface area contributed by atoms with Crippen LogP contribution in [0.25, 0.3) is 0 Å². The van der Waals surface area contributed by atoms with E-state index in [1.165, 1.54) is 0 Å². The maximum Gasteiger partial charge on any atom is 0.178 e. The molecule has 4 nitrogen and oxygen atoms in total. The van der Waals surface area contributed by atoms with Crippen molar-refractivity contribution in [2.75, 3.05) is 26.2 Å². The van der Waals surface area contributed by atoms with Crippen LogP contribution in [-0.4, -0.2) is 47.6 Å². The minimum absolute atomic E-state index is 0.194. The number of carbonyl (C=O) groups excluding carboxylic acids is 1. The SMILES string of the molecule is CC1CN(CC(=O)c2ccn(C)c2)CCCO1. The third kappa shape index (κ3) is 3.41. The van der Waals surface area contributed by atoms with Gasteiger partial charge in [-0.15, -0.1) is 0 Å². The fourth-order valence-electron chi connectivity index (χ4n) is 2.19. The van der Waals surface area contributed by atoms with Gasteiger partial charge in [0.2, 0.25) is 0 Å². The topological polar surface area (TPSA) is 34.5 Å². The summed E-state index contributed by atoms with van der Waals surface area (Å²) in [6.07, 6.45) is 5.01. The zero-order chi connectivity index (χ0) is 12.3. The van der Waals surface area contributed by atoms with E-state index in [1.54, 1.807) is 0 Å². The Kier molecular flexibility index (Phi) is 3.97. The molecular weight excluding hydrogens is 216 g/mol. The van der Waals surface area contributed by atoms with Crippen molar-refractivity contribution in [2.45, 2.75) is 19.4 Å². The van der Waals surface area contributed by atoms with E-state index >= 15 is 0 Å². The fourth-order valence-corrected chi connectivity index (χ4v) is 2.19. The molecule has 94 valence electrons. The molecule has 1 fully saturated rings. The van der Waals surface area contributed by atoms with Crippen molar-refractivity contribution in [3.8, 4) is 0 Å². The number of nitrogens with zero attached hydrogens (tertiary/aromatic N) is 2. The lowest BCUT2D eigenvalue weighted by Gasteiger charge is -2.20. The van der Waals surface area contributed by atoms with Gasteiger partial charge in [0.15, 0.2) is 5.78 Å². The maximum atomic E-state index is 12.0. The van der Waals surface area contributed by atoms with E-state index in [9.17, 15) is 4.79 Å². The standard InChI is InChI=1S/C13H20N2O2/c1-11-8-15(5-3-7-17-11)10-13(16)12-4-6-14(2)9-12/h4,6,9,11H,3,5,7-8,10H2,1-2H3. The van der Waals surface area contributed by atoms with Crippen molar-refractivity contribution in [2.24, 2.45) is 7.05 Å². The molecule has 1 aliphatic rings. The molecule has 1 saturated heterocycles. The first-order valence-corrected chi connectivity index (χ1v) is 6.14. The van der Waals surface area contributed by atoms with Gasteiger partial charge in [0.1, 0.15) is 0 Å². The van der Waals surface area contributed by atoms with Crippen molar-refractivity contribution in [3.63, 3.8) is 0 Å². The van der Waals surface area contributed by atoms with Crippen LogP contribution >= 0.6 is 0 Å². The summed E-state index contributed by atoms with van der Waals surface area (Å²) in [4.78, 5) is 14.2. The highest BCUT2D eigenvalue weighted by Crippen LogP contribution is 2.08. The van der Waals surface area contributed by atoms with E-state index in [0.29, 0.717) is 6.54 Å². The van der Waals surface area contributed by atoms with Gasteiger partial charge in [-0.1, -0.05) is 0 Å². The normalized spacial score (nSPS) is 22.4. The summed E-state index contributed by atoms with van der Waals surface area (Å²) in [5.41, 5.74) is 0.797. The van der Waals surface area contributed by atoms with Crippen molar-refractivity contribution >= 4 is 5.78 Å². The molecule has 0 radical (unpaired) electrons. The molecule has 4 heteroatoms. The Hall–Kier alpha value is -1.13. The van der Waals surface area contributed by atoms with Crippen molar-refractivity contribution in [1.29, 1.82) is 0 Å². The molecule has 1 atom stereocenters. The second-order valence-corrected chi connectivity index (χ2v) is 4.76. The van der Waals surface area contributed by atoms with Crippen LogP contribution in [0.1, 0.15) is 23.7 Å². The van der Waals surface area contributed by atoms with Gasteiger partial charge in [-0.05, 0) is 19.4 Å². The number of ketones is 1. The molecule has 1 aromatic heterocycles. The molecule has 0 aromatic carbocycles. The van der Waals surface area contributed by atoms with Gasteiger partial charge in [-0.3, -0.25) is 9.69 Å². The van der Waals surface area contributed by atoms with E-state index in [2.05, 4.69) is 11.8 Å². The molecule has 0 amide bonds. The zero-order valence-electron chi connectivity index (χ0n) is 10.6. The third-order valence-corrected chi connectivity index (χ3v) is 3.06. The molecule has 2 rings (SSSR count). The summed E-state index contributed by atoms with van der Waals surface area (Å²) in [7, 11) is 1.93. The minimum atomic E-state index is 0.194. The van der Waals surface area contributed by atoms with Gasteiger partial charge in [0, 0.05) is 44.7 Å². The molecule has 0 aliphatic carbocycles. The summed E-state index contributed by atoms with van der Waals surface area (Å²) in [6, 6.07) is 1.88. The Balaban J connectivity index is 1.93. The highest BCUT2D eigenvalue weighted by Gasteiger charge is 2.18. The average molecular weight is 236 g/mol. The summed E-state index contributed by atoms with van der Waals surface area (Å²) >= 11 is 0. The third-order valence-electron chi connectivity index (χ3n) is 3.06. The van der Waals surface area contributed by atoms with Gasteiger partial charge in [-0.2, -0.15) is 0 Å². The van der Waals surface area contributed by atoms with Crippen molar-refractivity contribution in [3.05, 3.63) is 24.0 Å². The average Bonchev–Trinajstić information content (AvgIpc) is 2.61. The number of hydrogen-bond acceptors (Lipinski definition) is 3. The lowest BCUT2D eigenvalue weighted by Crippen LogP contribution is -2.34. The lowest BCUT2D eigenvalue weighted by atomic mass is 10.2. The summed E-state index contributed by atoms with van der Waals surface area (Å²) in [6.45, 7) is 5.15. The van der Waals surface area contributed by atoms with Crippen LogP contribution in [0.5, 0.6) is 0 Å². The van der Waals surface area contributed by atoms with Crippen LogP contribution in [0.3, 0.4) is 0 Å². The Morgan fingerprint density at radius 2 is 2.41 bits per heavy atom. The Morgan fingerprint density at radius 3 is 3.12 bits per heavy atom. The van der Waals surface area contributed by atoms with Crippen molar-refractivity contribution < 1.29 is 9.53 Å². The predicted molar refractivity (Wildman–Crippen MR) is 66.2 cm³/mol. The quantitative estimate of drug-likeness (QED) is 0.742. The fraction of sp³-hybridized carbons (Fsp3) is 0.615. The smallest absolute Gasteiger partial charge is 0.178 e. The molecule has 1 aromatic rings. The maximum absolute atomic E-state index is 12.0. The number of aryl methyl sites for hydroxylation is 1. The number of rotatable bonds is 3. The van der Waals surface area contributed by atoms with Gasteiger partial charge in [0.05, 0.1) is 12.6 Å². The lowest BCUT2D eigenvalue weighted by molar-refractivity contribution is 0.0657. The molecule has 17 heavy (non-hydrogen) atoms. The second-order valence-electron chi connectivity index (χ2n) is 4.76. The van der Waals surface area contributed by atoms with E-state index in [4.69, 9.17) is 4.74 Å². The monoisotopic (exact) mass is 236 g/mol. The molecule has 0 bridgehead atoms. The van der Waals surface area contributed by atoms with Crippen LogP contribution in [0.15, 0.2) is 18.5 Å². The number of hydrogen-bond donors (Lipinski definition) is 0. The summed E-state index contributed by atoms with van der Waals surface area (Å²) in [5.74, 6) is 0.194. The highest BCUT2D eigenvalue weighted by atomic mass is 16.5. The second kappa shape index (κ2) is 5.47. The van der Waals surface area contributed by atoms with E-state index in [0.717, 1.165) is 31.7 Å². The first-order chi connectivity index (χ1) is 8.15. The molecule has 0 saturated carbocycles. The van der Waals surface area contributed by atoms with Crippen LogP contribution in [0.2, 0.25) is 0 Å². The molecule has 1 unspecified atom stereocenters. The van der Waals surface area contributed by atoms with Gasteiger partial charge in [0.25, 0.3) is 0 Å². The Bertz CT molecular complexity index is 387. The first-order valence-electron chi connectivity index (χ1n) is 6.14. The predicted octanol–water partition coefficient (Wildman–Crippen LogP) is 1.32. The van der Waals surface area contributed by atoms with Gasteiger partial charge in [-0.25, -0.2) is 0 Å². The first kappa shape index (κ1) is 12.3. The molecule has 0 spiro atoms. The number of aromatic nitrogens is 1. The molecular formula is C13H20N2O2. The minimum Gasteiger partial charge on any atom is -0.377 e. The summed E-state index contributed by atoms with van der Waals surface area (Å²) < 4.78 is 7.47. The number of ether oxygens (including phenoxy) is 1. The molecule has 1 aliphatic heterocycles. The molecule has 2 heterocycles. The number of carbonyl (C=O) groups is 1. The van der Waals surface area contributed by atoms with E-state index in [-0.39, 0.29) is 11.9 Å². The van der Waals surface area contributed by atoms with Crippen LogP contribution in [0, 0.1) is 0 Å². The van der Waals surface area contributed by atoms with E-state index in [1.807, 2.05) is 30.1 Å². The van der Waals surface area contributed by atoms with Crippen molar-refractivity contribution in [1.82, 2.24) is 9.47 Å². The van der Waals surface area contributed by atoms with Crippen LogP contribution < -0.4 is 0 Å². The van der Waals surface area contributed by atoms with Gasteiger partial charge >= 0.3 is 0 Å². The van der Waals surface area contributed by atoms with Gasteiger partial charge < -0.3 is 9.30 Å². The van der Waals surface area contributed by atoms with Crippen LogP contribution in [-0.2, 0) is 11.8 Å². The molecule has 0 N–H and O–H groups in total. The number of Topliss-reactive ketones (excluding diaryl/α,β-unsaturated/α-hetero) is 1. The van der Waals surface area contributed by atoms with Crippen LogP contribution in [0.4, 0.5) is 0 Å². The largest absolute Gasteiger partial charge is 0.377 e. The highest BCUT2D eigenvalue weighted by molar-refractivity contribution is 5.97. The Labute approximate surface area is 102 Å².